The average molecular weight is 275 g/mol. The van der Waals surface area contributed by atoms with Crippen molar-refractivity contribution in [2.75, 3.05) is 6.54 Å². The van der Waals surface area contributed by atoms with Crippen LogP contribution >= 0.6 is 0 Å². The number of hydrogen-bond donors (Lipinski definition) is 1. The van der Waals surface area contributed by atoms with Crippen molar-refractivity contribution in [3.63, 3.8) is 0 Å². The standard InChI is InChI=1S/C17H29N3/c1-13(2)17-9-6-10-20(17)12-16-8-5-7-15(19-16)11-18-14(3)4/h5,7-8,13-14,17-18H,6,9-12H2,1-4H3. The maximum atomic E-state index is 4.80. The zero-order chi connectivity index (χ0) is 14.5. The van der Waals surface area contributed by atoms with Gasteiger partial charge in [-0.15, -0.1) is 0 Å². The molecule has 1 N–H and O–H groups in total. The van der Waals surface area contributed by atoms with Gasteiger partial charge in [0, 0.05) is 25.2 Å². The van der Waals surface area contributed by atoms with Crippen molar-refractivity contribution in [3.8, 4) is 0 Å². The molecule has 1 atom stereocenters. The minimum Gasteiger partial charge on any atom is -0.309 e. The summed E-state index contributed by atoms with van der Waals surface area (Å²) >= 11 is 0. The van der Waals surface area contributed by atoms with Crippen molar-refractivity contribution >= 4 is 0 Å². The Kier molecular flexibility index (Phi) is 5.55. The van der Waals surface area contributed by atoms with Crippen LogP contribution in [0.4, 0.5) is 0 Å². The molecule has 1 aliphatic heterocycles. The number of likely N-dealkylation sites (tertiary alicyclic amines) is 1. The molecule has 1 aliphatic rings. The molecule has 3 heteroatoms. The number of nitrogens with one attached hydrogen (secondary N) is 1. The lowest BCUT2D eigenvalue weighted by molar-refractivity contribution is 0.196. The molecule has 0 amide bonds. The third kappa shape index (κ3) is 4.29. The largest absolute Gasteiger partial charge is 0.309 e. The lowest BCUT2D eigenvalue weighted by Crippen LogP contribution is -2.33. The van der Waals surface area contributed by atoms with E-state index in [-0.39, 0.29) is 0 Å². The zero-order valence-electron chi connectivity index (χ0n) is 13.4. The summed E-state index contributed by atoms with van der Waals surface area (Å²) in [6.45, 7) is 12.1. The SMILES string of the molecule is CC(C)NCc1cccc(CN2CCCC2C(C)C)n1. The molecule has 0 saturated carbocycles. The highest BCUT2D eigenvalue weighted by Crippen LogP contribution is 2.25. The van der Waals surface area contributed by atoms with Crippen LogP contribution in [0.5, 0.6) is 0 Å². The molecule has 0 radical (unpaired) electrons. The van der Waals surface area contributed by atoms with E-state index < -0.39 is 0 Å². The topological polar surface area (TPSA) is 28.2 Å². The van der Waals surface area contributed by atoms with Gasteiger partial charge in [0.1, 0.15) is 0 Å². The van der Waals surface area contributed by atoms with E-state index in [1.165, 1.54) is 25.1 Å². The van der Waals surface area contributed by atoms with Gasteiger partial charge in [-0.3, -0.25) is 9.88 Å². The van der Waals surface area contributed by atoms with Crippen LogP contribution in [0.15, 0.2) is 18.2 Å². The third-order valence-corrected chi connectivity index (χ3v) is 4.10. The predicted molar refractivity (Wildman–Crippen MR) is 84.5 cm³/mol. The summed E-state index contributed by atoms with van der Waals surface area (Å²) in [5.74, 6) is 0.739. The molecule has 0 aliphatic carbocycles. The molecule has 1 unspecified atom stereocenters. The van der Waals surface area contributed by atoms with Gasteiger partial charge in [-0.2, -0.15) is 0 Å². The van der Waals surface area contributed by atoms with Crippen molar-refractivity contribution in [2.45, 2.75) is 65.7 Å². The lowest BCUT2D eigenvalue weighted by Gasteiger charge is -2.27. The van der Waals surface area contributed by atoms with Gasteiger partial charge in [-0.05, 0) is 37.4 Å². The first kappa shape index (κ1) is 15.5. The fourth-order valence-electron chi connectivity index (χ4n) is 3.04. The van der Waals surface area contributed by atoms with E-state index in [4.69, 9.17) is 4.98 Å². The van der Waals surface area contributed by atoms with E-state index in [2.05, 4.69) is 56.1 Å². The summed E-state index contributed by atoms with van der Waals surface area (Å²) in [6.07, 6.45) is 2.67. The van der Waals surface area contributed by atoms with E-state index in [9.17, 15) is 0 Å². The molecule has 3 nitrogen and oxygen atoms in total. The van der Waals surface area contributed by atoms with Crippen LogP contribution in [0.2, 0.25) is 0 Å². The average Bonchev–Trinajstić information content (AvgIpc) is 2.85. The summed E-state index contributed by atoms with van der Waals surface area (Å²) < 4.78 is 0. The monoisotopic (exact) mass is 275 g/mol. The lowest BCUT2D eigenvalue weighted by atomic mass is 10.0. The molecule has 1 aromatic rings. The van der Waals surface area contributed by atoms with Crippen LogP contribution in [0.3, 0.4) is 0 Å². The van der Waals surface area contributed by atoms with Crippen LogP contribution in [-0.4, -0.2) is 28.5 Å². The first-order valence-electron chi connectivity index (χ1n) is 7.98. The van der Waals surface area contributed by atoms with E-state index >= 15 is 0 Å². The maximum Gasteiger partial charge on any atom is 0.0547 e. The molecule has 1 fully saturated rings. The van der Waals surface area contributed by atoms with Crippen LogP contribution in [0.1, 0.15) is 51.9 Å². The highest BCUT2D eigenvalue weighted by molar-refractivity contribution is 5.11. The smallest absolute Gasteiger partial charge is 0.0547 e. The second-order valence-electron chi connectivity index (χ2n) is 6.58. The second kappa shape index (κ2) is 7.19. The van der Waals surface area contributed by atoms with Crippen molar-refractivity contribution in [2.24, 2.45) is 5.92 Å². The first-order valence-corrected chi connectivity index (χ1v) is 7.98. The maximum absolute atomic E-state index is 4.80. The Bertz CT molecular complexity index is 414. The molecular formula is C17H29N3. The van der Waals surface area contributed by atoms with E-state index in [0.29, 0.717) is 6.04 Å². The molecule has 2 rings (SSSR count). The van der Waals surface area contributed by atoms with Gasteiger partial charge in [0.25, 0.3) is 0 Å². The third-order valence-electron chi connectivity index (χ3n) is 4.10. The quantitative estimate of drug-likeness (QED) is 0.864. The highest BCUT2D eigenvalue weighted by atomic mass is 15.2. The number of aromatic nitrogens is 1. The molecule has 0 aromatic carbocycles. The van der Waals surface area contributed by atoms with Gasteiger partial charge in [-0.25, -0.2) is 0 Å². The highest BCUT2D eigenvalue weighted by Gasteiger charge is 2.27. The zero-order valence-corrected chi connectivity index (χ0v) is 13.4. The van der Waals surface area contributed by atoms with E-state index in [1.807, 2.05) is 0 Å². The Morgan fingerprint density at radius 1 is 1.25 bits per heavy atom. The number of rotatable bonds is 6. The van der Waals surface area contributed by atoms with Crippen LogP contribution in [-0.2, 0) is 13.1 Å². The van der Waals surface area contributed by atoms with Crippen molar-refractivity contribution in [1.82, 2.24) is 15.2 Å². The normalized spacial score (nSPS) is 20.2. The number of nitrogens with zero attached hydrogens (tertiary/aromatic N) is 2. The fourth-order valence-corrected chi connectivity index (χ4v) is 3.04. The molecule has 1 aromatic heterocycles. The fraction of sp³-hybridized carbons (Fsp3) is 0.706. The summed E-state index contributed by atoms with van der Waals surface area (Å²) in [5.41, 5.74) is 2.36. The summed E-state index contributed by atoms with van der Waals surface area (Å²) in [4.78, 5) is 7.40. The van der Waals surface area contributed by atoms with Gasteiger partial charge in [-0.1, -0.05) is 33.8 Å². The molecule has 1 saturated heterocycles. The van der Waals surface area contributed by atoms with Gasteiger partial charge in [0.05, 0.1) is 11.4 Å². The Hall–Kier alpha value is -0.930. The first-order chi connectivity index (χ1) is 9.56. The number of pyridine rings is 1. The predicted octanol–water partition coefficient (Wildman–Crippen LogP) is 3.20. The van der Waals surface area contributed by atoms with Gasteiger partial charge < -0.3 is 5.32 Å². The Labute approximate surface area is 123 Å². The van der Waals surface area contributed by atoms with E-state index in [1.54, 1.807) is 0 Å². The summed E-state index contributed by atoms with van der Waals surface area (Å²) in [6, 6.07) is 7.65. The van der Waals surface area contributed by atoms with Crippen LogP contribution in [0, 0.1) is 5.92 Å². The summed E-state index contributed by atoms with van der Waals surface area (Å²) in [5, 5.41) is 3.43. The minimum atomic E-state index is 0.504. The number of hydrogen-bond acceptors (Lipinski definition) is 3. The van der Waals surface area contributed by atoms with Gasteiger partial charge in [0.15, 0.2) is 0 Å². The van der Waals surface area contributed by atoms with Crippen molar-refractivity contribution < 1.29 is 0 Å². The Morgan fingerprint density at radius 3 is 2.70 bits per heavy atom. The molecular weight excluding hydrogens is 246 g/mol. The van der Waals surface area contributed by atoms with Gasteiger partial charge in [0.2, 0.25) is 0 Å². The second-order valence-corrected chi connectivity index (χ2v) is 6.58. The van der Waals surface area contributed by atoms with E-state index in [0.717, 1.165) is 30.7 Å². The molecule has 112 valence electrons. The van der Waals surface area contributed by atoms with Crippen molar-refractivity contribution in [3.05, 3.63) is 29.6 Å². The van der Waals surface area contributed by atoms with Crippen LogP contribution in [0.25, 0.3) is 0 Å². The Balaban J connectivity index is 1.97. The van der Waals surface area contributed by atoms with Crippen molar-refractivity contribution in [1.29, 1.82) is 0 Å². The Morgan fingerprint density at radius 2 is 2.00 bits per heavy atom. The molecule has 20 heavy (non-hydrogen) atoms. The van der Waals surface area contributed by atoms with Gasteiger partial charge >= 0.3 is 0 Å². The summed E-state index contributed by atoms with van der Waals surface area (Å²) in [7, 11) is 0. The molecule has 0 spiro atoms. The minimum absolute atomic E-state index is 0.504. The molecule has 2 heterocycles. The van der Waals surface area contributed by atoms with Crippen LogP contribution < -0.4 is 5.32 Å². The molecule has 0 bridgehead atoms.